The molecule has 1 atom stereocenters. The standard InChI is InChI=1S/C26H25N7O3/c1-2-23(35)30-19-5-3-4-17(12-19)24-25-18(8-9-27-24)13-29-26(32-25)31-20-6-7-22(28-14-20)33-10-11-36-21(15-33)16-34/h2-9,12-14,21,34H,1,10-11,15-16H2,(H,30,35)(H,29,31,32). The maximum atomic E-state index is 11.7. The number of aliphatic hydroxyl groups is 1. The molecule has 36 heavy (non-hydrogen) atoms. The summed E-state index contributed by atoms with van der Waals surface area (Å²) >= 11 is 0. The maximum absolute atomic E-state index is 11.7. The highest BCUT2D eigenvalue weighted by Gasteiger charge is 2.20. The van der Waals surface area contributed by atoms with Crippen LogP contribution in [0, 0.1) is 0 Å². The fourth-order valence-electron chi connectivity index (χ4n) is 3.98. The van der Waals surface area contributed by atoms with Gasteiger partial charge in [-0.2, -0.15) is 0 Å². The molecule has 10 heteroatoms. The number of carbonyl (C=O) groups excluding carboxylic acids is 1. The molecule has 10 nitrogen and oxygen atoms in total. The second kappa shape index (κ2) is 10.5. The molecule has 0 radical (unpaired) electrons. The number of carbonyl (C=O) groups is 1. The summed E-state index contributed by atoms with van der Waals surface area (Å²) in [5.74, 6) is 0.944. The molecule has 1 saturated heterocycles. The van der Waals surface area contributed by atoms with E-state index in [2.05, 4.69) is 37.1 Å². The number of fused-ring (bicyclic) bond motifs is 1. The Kier molecular flexibility index (Phi) is 6.78. The van der Waals surface area contributed by atoms with Crippen molar-refractivity contribution in [3.8, 4) is 11.3 Å². The van der Waals surface area contributed by atoms with E-state index in [4.69, 9.17) is 9.72 Å². The van der Waals surface area contributed by atoms with Crippen molar-refractivity contribution in [1.29, 1.82) is 0 Å². The molecular weight excluding hydrogens is 458 g/mol. The SMILES string of the molecule is C=CC(=O)Nc1cccc(-c2nccc3cnc(Nc4ccc(N5CCOC(CO)C5)nc4)nc23)c1. The number of aliphatic hydroxyl groups excluding tert-OH is 1. The molecule has 182 valence electrons. The molecule has 1 unspecified atom stereocenters. The normalized spacial score (nSPS) is 15.5. The number of amides is 1. The van der Waals surface area contributed by atoms with Crippen LogP contribution in [0.2, 0.25) is 0 Å². The monoisotopic (exact) mass is 483 g/mol. The van der Waals surface area contributed by atoms with E-state index in [1.54, 1.807) is 24.7 Å². The van der Waals surface area contributed by atoms with Crippen LogP contribution < -0.4 is 15.5 Å². The predicted molar refractivity (Wildman–Crippen MR) is 138 cm³/mol. The zero-order chi connectivity index (χ0) is 24.9. The van der Waals surface area contributed by atoms with Crippen LogP contribution in [0.5, 0.6) is 0 Å². The number of pyridine rings is 2. The molecule has 4 heterocycles. The third-order valence-corrected chi connectivity index (χ3v) is 5.76. The van der Waals surface area contributed by atoms with Gasteiger partial charge in [-0.15, -0.1) is 0 Å². The van der Waals surface area contributed by atoms with Crippen LogP contribution in [0.4, 0.5) is 23.1 Å². The molecule has 0 saturated carbocycles. The quantitative estimate of drug-likeness (QED) is 0.340. The Morgan fingerprint density at radius 3 is 2.89 bits per heavy atom. The Labute approximate surface area is 207 Å². The summed E-state index contributed by atoms with van der Waals surface area (Å²) in [5.41, 5.74) is 3.54. The fraction of sp³-hybridized carbons (Fsp3) is 0.192. The third kappa shape index (κ3) is 5.14. The first kappa shape index (κ1) is 23.3. The summed E-state index contributed by atoms with van der Waals surface area (Å²) in [6.07, 6.45) is 6.19. The van der Waals surface area contributed by atoms with Gasteiger partial charge in [0, 0.05) is 42.1 Å². The summed E-state index contributed by atoms with van der Waals surface area (Å²) in [6, 6.07) is 13.1. The molecule has 1 fully saturated rings. The third-order valence-electron chi connectivity index (χ3n) is 5.76. The van der Waals surface area contributed by atoms with Gasteiger partial charge in [0.1, 0.15) is 11.3 Å². The van der Waals surface area contributed by atoms with E-state index >= 15 is 0 Å². The van der Waals surface area contributed by atoms with Crippen molar-refractivity contribution in [2.24, 2.45) is 0 Å². The Morgan fingerprint density at radius 1 is 1.17 bits per heavy atom. The summed E-state index contributed by atoms with van der Waals surface area (Å²) in [5, 5.41) is 16.2. The summed E-state index contributed by atoms with van der Waals surface area (Å²) < 4.78 is 5.51. The zero-order valence-electron chi connectivity index (χ0n) is 19.5. The smallest absolute Gasteiger partial charge is 0.247 e. The minimum Gasteiger partial charge on any atom is -0.394 e. The number of rotatable bonds is 7. The van der Waals surface area contributed by atoms with Crippen LogP contribution in [-0.2, 0) is 9.53 Å². The van der Waals surface area contributed by atoms with E-state index in [0.29, 0.717) is 36.0 Å². The number of ether oxygens (including phenoxy) is 1. The van der Waals surface area contributed by atoms with E-state index < -0.39 is 0 Å². The van der Waals surface area contributed by atoms with E-state index in [1.165, 1.54) is 6.08 Å². The molecule has 3 N–H and O–H groups in total. The molecule has 3 aromatic heterocycles. The first-order chi connectivity index (χ1) is 17.6. The lowest BCUT2D eigenvalue weighted by Gasteiger charge is -2.32. The molecule has 1 aliphatic heterocycles. The van der Waals surface area contributed by atoms with Gasteiger partial charge in [0.15, 0.2) is 0 Å². The number of hydrogen-bond donors (Lipinski definition) is 3. The summed E-state index contributed by atoms with van der Waals surface area (Å²) in [7, 11) is 0. The predicted octanol–water partition coefficient (Wildman–Crippen LogP) is 3.15. The molecule has 1 aliphatic rings. The largest absolute Gasteiger partial charge is 0.394 e. The summed E-state index contributed by atoms with van der Waals surface area (Å²) in [6.45, 7) is 5.34. The fourth-order valence-corrected chi connectivity index (χ4v) is 3.98. The van der Waals surface area contributed by atoms with Gasteiger partial charge in [-0.3, -0.25) is 9.78 Å². The van der Waals surface area contributed by atoms with Gasteiger partial charge in [0.25, 0.3) is 0 Å². The van der Waals surface area contributed by atoms with Gasteiger partial charge in [-0.25, -0.2) is 15.0 Å². The van der Waals surface area contributed by atoms with Crippen LogP contribution in [0.1, 0.15) is 0 Å². The number of nitrogens with one attached hydrogen (secondary N) is 2. The Hall–Kier alpha value is -4.41. The Balaban J connectivity index is 1.38. The van der Waals surface area contributed by atoms with Crippen molar-refractivity contribution in [2.45, 2.75) is 6.10 Å². The van der Waals surface area contributed by atoms with E-state index in [1.807, 2.05) is 36.4 Å². The molecule has 1 aromatic carbocycles. The Bertz CT molecular complexity index is 1390. The van der Waals surface area contributed by atoms with Crippen molar-refractivity contribution in [1.82, 2.24) is 19.9 Å². The lowest BCUT2D eigenvalue weighted by atomic mass is 10.1. The second-order valence-electron chi connectivity index (χ2n) is 8.22. The van der Waals surface area contributed by atoms with E-state index in [-0.39, 0.29) is 18.6 Å². The maximum Gasteiger partial charge on any atom is 0.247 e. The van der Waals surface area contributed by atoms with Crippen molar-refractivity contribution >= 4 is 40.0 Å². The van der Waals surface area contributed by atoms with Gasteiger partial charge in [0.2, 0.25) is 11.9 Å². The van der Waals surface area contributed by atoms with Crippen LogP contribution in [0.25, 0.3) is 22.2 Å². The number of nitrogens with zero attached hydrogens (tertiary/aromatic N) is 5. The highest BCUT2D eigenvalue weighted by atomic mass is 16.5. The van der Waals surface area contributed by atoms with Crippen LogP contribution in [0.15, 0.2) is 73.7 Å². The van der Waals surface area contributed by atoms with Crippen LogP contribution >= 0.6 is 0 Å². The van der Waals surface area contributed by atoms with Gasteiger partial charge in [0.05, 0.1) is 36.9 Å². The number of hydrogen-bond acceptors (Lipinski definition) is 9. The van der Waals surface area contributed by atoms with Crippen molar-refractivity contribution < 1.29 is 14.6 Å². The number of benzene rings is 1. The minimum atomic E-state index is -0.284. The first-order valence-corrected chi connectivity index (χ1v) is 11.5. The molecule has 0 bridgehead atoms. The average Bonchev–Trinajstić information content (AvgIpc) is 2.93. The molecule has 5 rings (SSSR count). The van der Waals surface area contributed by atoms with Crippen molar-refractivity contribution in [3.63, 3.8) is 0 Å². The number of morpholine rings is 1. The van der Waals surface area contributed by atoms with Gasteiger partial charge < -0.3 is 25.4 Å². The number of aromatic nitrogens is 4. The highest BCUT2D eigenvalue weighted by Crippen LogP contribution is 2.28. The van der Waals surface area contributed by atoms with Gasteiger partial charge >= 0.3 is 0 Å². The topological polar surface area (TPSA) is 125 Å². The first-order valence-electron chi connectivity index (χ1n) is 11.5. The molecule has 0 aliphatic carbocycles. The molecule has 0 spiro atoms. The van der Waals surface area contributed by atoms with Crippen molar-refractivity contribution in [3.05, 3.63) is 73.7 Å². The van der Waals surface area contributed by atoms with E-state index in [9.17, 15) is 9.90 Å². The van der Waals surface area contributed by atoms with Gasteiger partial charge in [-0.1, -0.05) is 18.7 Å². The molecular formula is C26H25N7O3. The molecule has 1 amide bonds. The van der Waals surface area contributed by atoms with Gasteiger partial charge in [-0.05, 0) is 36.4 Å². The lowest BCUT2D eigenvalue weighted by Crippen LogP contribution is -2.44. The second-order valence-corrected chi connectivity index (χ2v) is 8.22. The highest BCUT2D eigenvalue weighted by molar-refractivity contribution is 5.99. The van der Waals surface area contributed by atoms with E-state index in [0.717, 1.165) is 29.0 Å². The van der Waals surface area contributed by atoms with Crippen molar-refractivity contribution in [2.75, 3.05) is 41.8 Å². The number of anilines is 4. The zero-order valence-corrected chi connectivity index (χ0v) is 19.5. The Morgan fingerprint density at radius 2 is 2.08 bits per heavy atom. The minimum absolute atomic E-state index is 0.0138. The summed E-state index contributed by atoms with van der Waals surface area (Å²) in [4.78, 5) is 32.0. The van der Waals surface area contributed by atoms with Crippen LogP contribution in [0.3, 0.4) is 0 Å². The molecule has 4 aromatic rings. The lowest BCUT2D eigenvalue weighted by molar-refractivity contribution is -0.111. The average molecular weight is 484 g/mol. The van der Waals surface area contributed by atoms with Crippen LogP contribution in [-0.4, -0.2) is 63.4 Å².